The van der Waals surface area contributed by atoms with Gasteiger partial charge in [0.05, 0.1) is 6.54 Å². The third-order valence-electron chi connectivity index (χ3n) is 2.21. The topological polar surface area (TPSA) is 55.0 Å². The van der Waals surface area contributed by atoms with E-state index in [0.717, 1.165) is 24.0 Å². The summed E-state index contributed by atoms with van der Waals surface area (Å²) in [5, 5.41) is 9.33. The highest BCUT2D eigenvalue weighted by Gasteiger charge is 2.07. The molecule has 0 aliphatic carbocycles. The van der Waals surface area contributed by atoms with Crippen molar-refractivity contribution in [3.8, 4) is 0 Å². The largest absolute Gasteiger partial charge is 0.374 e. The Labute approximate surface area is 89.1 Å². The number of nitrogens with zero attached hydrogens (tertiary/aromatic N) is 3. The summed E-state index contributed by atoms with van der Waals surface area (Å²) in [5.74, 6) is 0.727. The van der Waals surface area contributed by atoms with Gasteiger partial charge in [0.25, 0.3) is 0 Å². The summed E-state index contributed by atoms with van der Waals surface area (Å²) in [6, 6.07) is 0. The molecule has 0 bridgehead atoms. The number of hydrogen-bond acceptors (Lipinski definition) is 5. The molecule has 1 unspecified atom stereocenters. The summed E-state index contributed by atoms with van der Waals surface area (Å²) in [6.07, 6.45) is 1.21. The van der Waals surface area contributed by atoms with E-state index in [4.69, 9.17) is 5.73 Å². The van der Waals surface area contributed by atoms with Crippen molar-refractivity contribution >= 4 is 16.5 Å². The molecule has 1 aromatic heterocycles. The van der Waals surface area contributed by atoms with Gasteiger partial charge in [-0.3, -0.25) is 4.90 Å². The third-order valence-corrected chi connectivity index (χ3v) is 2.95. The highest BCUT2D eigenvalue weighted by Crippen LogP contribution is 2.13. The van der Waals surface area contributed by atoms with Crippen molar-refractivity contribution in [3.05, 3.63) is 5.01 Å². The normalized spacial score (nSPS) is 13.4. The number of anilines is 1. The van der Waals surface area contributed by atoms with Gasteiger partial charge < -0.3 is 5.73 Å². The van der Waals surface area contributed by atoms with Gasteiger partial charge in [0.2, 0.25) is 5.13 Å². The Morgan fingerprint density at radius 3 is 2.71 bits per heavy atom. The fraction of sp³-hybridized carbons (Fsp3) is 0.778. The lowest BCUT2D eigenvalue weighted by atomic mass is 10.1. The second kappa shape index (κ2) is 5.26. The average Bonchev–Trinajstić information content (AvgIpc) is 2.50. The van der Waals surface area contributed by atoms with Crippen molar-refractivity contribution in [3.63, 3.8) is 0 Å². The van der Waals surface area contributed by atoms with Gasteiger partial charge in [0, 0.05) is 6.54 Å². The molecule has 0 fully saturated rings. The van der Waals surface area contributed by atoms with Crippen LogP contribution >= 0.6 is 11.3 Å². The van der Waals surface area contributed by atoms with Crippen LogP contribution in [0.2, 0.25) is 0 Å². The van der Waals surface area contributed by atoms with E-state index in [2.05, 4.69) is 36.0 Å². The fourth-order valence-corrected chi connectivity index (χ4v) is 1.98. The lowest BCUT2D eigenvalue weighted by Crippen LogP contribution is -2.23. The van der Waals surface area contributed by atoms with Crippen molar-refractivity contribution in [2.24, 2.45) is 5.92 Å². The Morgan fingerprint density at radius 2 is 2.21 bits per heavy atom. The highest BCUT2D eigenvalue weighted by atomic mass is 32.1. The van der Waals surface area contributed by atoms with E-state index in [-0.39, 0.29) is 0 Å². The number of nitrogens with two attached hydrogens (primary N) is 1. The predicted octanol–water partition coefficient (Wildman–Crippen LogP) is 1.60. The van der Waals surface area contributed by atoms with Crippen LogP contribution in [0.1, 0.15) is 25.3 Å². The molecule has 0 saturated carbocycles. The van der Waals surface area contributed by atoms with Gasteiger partial charge in [-0.2, -0.15) is 0 Å². The van der Waals surface area contributed by atoms with Crippen LogP contribution < -0.4 is 5.73 Å². The first-order valence-corrected chi connectivity index (χ1v) is 5.69. The van der Waals surface area contributed by atoms with Crippen LogP contribution in [0.5, 0.6) is 0 Å². The van der Waals surface area contributed by atoms with Crippen LogP contribution in [-0.4, -0.2) is 28.7 Å². The minimum absolute atomic E-state index is 0.553. The van der Waals surface area contributed by atoms with Crippen molar-refractivity contribution in [2.45, 2.75) is 26.8 Å². The monoisotopic (exact) mass is 214 g/mol. The lowest BCUT2D eigenvalue weighted by Gasteiger charge is -2.18. The molecular weight excluding hydrogens is 196 g/mol. The standard InChI is InChI=1S/C9H18N4S/c1-4-7(2)5-13(3)6-8-11-12-9(10)14-8/h7H,4-6H2,1-3H3,(H2,10,12). The van der Waals surface area contributed by atoms with E-state index in [1.807, 2.05) is 0 Å². The molecule has 0 spiro atoms. The van der Waals surface area contributed by atoms with Crippen LogP contribution in [0.3, 0.4) is 0 Å². The van der Waals surface area contributed by atoms with E-state index in [1.54, 1.807) is 0 Å². The Hall–Kier alpha value is -0.680. The Balaban J connectivity index is 2.37. The SMILES string of the molecule is CCC(C)CN(C)Cc1nnc(N)s1. The van der Waals surface area contributed by atoms with E-state index >= 15 is 0 Å². The van der Waals surface area contributed by atoms with Gasteiger partial charge in [-0.05, 0) is 13.0 Å². The Bertz CT molecular complexity index is 274. The van der Waals surface area contributed by atoms with Gasteiger partial charge in [0.1, 0.15) is 5.01 Å². The summed E-state index contributed by atoms with van der Waals surface area (Å²) in [7, 11) is 2.10. The van der Waals surface area contributed by atoms with Crippen LogP contribution in [0, 0.1) is 5.92 Å². The molecule has 0 saturated heterocycles. The van der Waals surface area contributed by atoms with Crippen molar-refractivity contribution in [1.82, 2.24) is 15.1 Å². The molecule has 14 heavy (non-hydrogen) atoms. The molecule has 4 nitrogen and oxygen atoms in total. The minimum Gasteiger partial charge on any atom is -0.374 e. The van der Waals surface area contributed by atoms with Crippen LogP contribution in [0.25, 0.3) is 0 Å². The average molecular weight is 214 g/mol. The zero-order chi connectivity index (χ0) is 10.6. The summed E-state index contributed by atoms with van der Waals surface area (Å²) in [4.78, 5) is 2.26. The van der Waals surface area contributed by atoms with Crippen molar-refractivity contribution in [1.29, 1.82) is 0 Å². The molecule has 1 atom stereocenters. The zero-order valence-electron chi connectivity index (χ0n) is 9.03. The molecule has 2 N–H and O–H groups in total. The van der Waals surface area contributed by atoms with Crippen molar-refractivity contribution in [2.75, 3.05) is 19.3 Å². The number of nitrogen functional groups attached to an aromatic ring is 1. The first-order chi connectivity index (χ1) is 6.61. The molecule has 0 radical (unpaired) electrons. The maximum Gasteiger partial charge on any atom is 0.203 e. The first kappa shape index (κ1) is 11.4. The Kier molecular flexibility index (Phi) is 4.28. The number of aromatic nitrogens is 2. The van der Waals surface area contributed by atoms with E-state index < -0.39 is 0 Å². The fourth-order valence-electron chi connectivity index (χ4n) is 1.29. The maximum absolute atomic E-state index is 5.51. The molecule has 1 aromatic rings. The molecule has 0 aliphatic rings. The van der Waals surface area contributed by atoms with E-state index in [9.17, 15) is 0 Å². The summed E-state index contributed by atoms with van der Waals surface area (Å²) < 4.78 is 0. The molecular formula is C9H18N4S. The molecule has 0 aromatic carbocycles. The van der Waals surface area contributed by atoms with Crippen LogP contribution in [0.4, 0.5) is 5.13 Å². The van der Waals surface area contributed by atoms with Crippen LogP contribution in [0.15, 0.2) is 0 Å². The second-order valence-electron chi connectivity index (χ2n) is 3.74. The van der Waals surface area contributed by atoms with Crippen molar-refractivity contribution < 1.29 is 0 Å². The second-order valence-corrected chi connectivity index (χ2v) is 4.84. The Morgan fingerprint density at radius 1 is 1.50 bits per heavy atom. The van der Waals surface area contributed by atoms with Gasteiger partial charge >= 0.3 is 0 Å². The van der Waals surface area contributed by atoms with Gasteiger partial charge in [-0.1, -0.05) is 31.6 Å². The van der Waals surface area contributed by atoms with Gasteiger partial charge in [-0.25, -0.2) is 0 Å². The van der Waals surface area contributed by atoms with Crippen LogP contribution in [-0.2, 0) is 6.54 Å². The van der Waals surface area contributed by atoms with E-state index in [1.165, 1.54) is 17.8 Å². The third kappa shape index (κ3) is 3.59. The minimum atomic E-state index is 0.553. The highest BCUT2D eigenvalue weighted by molar-refractivity contribution is 7.15. The first-order valence-electron chi connectivity index (χ1n) is 4.88. The molecule has 1 rings (SSSR count). The zero-order valence-corrected chi connectivity index (χ0v) is 9.84. The lowest BCUT2D eigenvalue weighted by molar-refractivity contribution is 0.274. The van der Waals surface area contributed by atoms with E-state index in [0.29, 0.717) is 5.13 Å². The maximum atomic E-state index is 5.51. The molecule has 80 valence electrons. The molecule has 0 aliphatic heterocycles. The number of hydrogen-bond donors (Lipinski definition) is 1. The molecule has 1 heterocycles. The van der Waals surface area contributed by atoms with Gasteiger partial charge in [-0.15, -0.1) is 10.2 Å². The smallest absolute Gasteiger partial charge is 0.203 e. The van der Waals surface area contributed by atoms with Gasteiger partial charge in [0.15, 0.2) is 0 Å². The summed E-state index contributed by atoms with van der Waals surface area (Å²) >= 11 is 1.46. The summed E-state index contributed by atoms with van der Waals surface area (Å²) in [6.45, 7) is 6.40. The molecule has 5 heteroatoms. The predicted molar refractivity (Wildman–Crippen MR) is 60.1 cm³/mol. The molecule has 0 amide bonds. The number of rotatable bonds is 5. The summed E-state index contributed by atoms with van der Waals surface area (Å²) in [5.41, 5.74) is 5.51. The quantitative estimate of drug-likeness (QED) is 0.809.